The molecule has 0 spiro atoms. The number of ether oxygens (including phenoxy) is 1. The van der Waals surface area contributed by atoms with E-state index in [2.05, 4.69) is 29.4 Å². The van der Waals surface area contributed by atoms with Crippen LogP contribution in [0.1, 0.15) is 23.1 Å². The third kappa shape index (κ3) is 3.24. The Morgan fingerprint density at radius 1 is 1.17 bits per heavy atom. The molecule has 1 aliphatic carbocycles. The van der Waals surface area contributed by atoms with Gasteiger partial charge in [0.2, 0.25) is 0 Å². The zero-order chi connectivity index (χ0) is 16.1. The second kappa shape index (κ2) is 6.87. The maximum Gasteiger partial charge on any atom is 0.148 e. The van der Waals surface area contributed by atoms with Crippen molar-refractivity contribution in [3.8, 4) is 18.1 Å². The molecule has 3 nitrogen and oxygen atoms in total. The quantitative estimate of drug-likeness (QED) is 0.806. The summed E-state index contributed by atoms with van der Waals surface area (Å²) in [6.07, 6.45) is 7.11. The van der Waals surface area contributed by atoms with Crippen LogP contribution in [0.3, 0.4) is 0 Å². The molecule has 1 unspecified atom stereocenters. The molecular formula is C20H21NO2. The molecule has 2 aromatic rings. The number of rotatable bonds is 6. The van der Waals surface area contributed by atoms with Crippen LogP contribution in [0.5, 0.6) is 5.75 Å². The first-order chi connectivity index (χ1) is 11.3. The summed E-state index contributed by atoms with van der Waals surface area (Å²) in [6.45, 7) is 1.08. The Morgan fingerprint density at radius 2 is 1.96 bits per heavy atom. The minimum absolute atomic E-state index is 0.105. The van der Waals surface area contributed by atoms with Crippen LogP contribution in [0.15, 0.2) is 48.5 Å². The highest BCUT2D eigenvalue weighted by Crippen LogP contribution is 2.36. The molecule has 118 valence electrons. The minimum atomic E-state index is -0.338. The van der Waals surface area contributed by atoms with E-state index in [1.54, 1.807) is 0 Å². The Labute approximate surface area is 137 Å². The normalized spacial score (nSPS) is 19.1. The number of fused-ring (bicyclic) bond motifs is 1. The smallest absolute Gasteiger partial charge is 0.148 e. The number of terminal acetylenes is 1. The van der Waals surface area contributed by atoms with E-state index >= 15 is 0 Å². The second-order valence-electron chi connectivity index (χ2n) is 5.89. The summed E-state index contributed by atoms with van der Waals surface area (Å²) in [5.41, 5.74) is 3.36. The van der Waals surface area contributed by atoms with Gasteiger partial charge in [0.05, 0.1) is 12.1 Å². The van der Waals surface area contributed by atoms with Crippen molar-refractivity contribution in [3.05, 3.63) is 65.2 Å². The van der Waals surface area contributed by atoms with Gasteiger partial charge in [0, 0.05) is 6.54 Å². The number of aliphatic hydroxyl groups is 1. The molecule has 0 amide bonds. The van der Waals surface area contributed by atoms with Gasteiger partial charge in [-0.15, -0.1) is 6.42 Å². The zero-order valence-electron chi connectivity index (χ0n) is 13.1. The number of nitrogens with one attached hydrogen (secondary N) is 1. The van der Waals surface area contributed by atoms with Crippen LogP contribution in [-0.2, 0) is 18.5 Å². The van der Waals surface area contributed by atoms with Gasteiger partial charge < -0.3 is 15.2 Å². The molecule has 0 aliphatic heterocycles. The van der Waals surface area contributed by atoms with Crippen molar-refractivity contribution in [1.82, 2.24) is 5.32 Å². The average Bonchev–Trinajstić information content (AvgIpc) is 2.98. The van der Waals surface area contributed by atoms with Gasteiger partial charge in [0.25, 0.3) is 0 Å². The van der Waals surface area contributed by atoms with Gasteiger partial charge >= 0.3 is 0 Å². The lowest BCUT2D eigenvalue weighted by Gasteiger charge is -2.30. The SMILES string of the molecule is C#CCOc1ccc(CNC2(CO)CCc3ccccc32)cc1. The summed E-state index contributed by atoms with van der Waals surface area (Å²) in [6, 6.07) is 16.2. The van der Waals surface area contributed by atoms with E-state index in [0.29, 0.717) is 6.54 Å². The van der Waals surface area contributed by atoms with Gasteiger partial charge in [0.15, 0.2) is 0 Å². The highest BCUT2D eigenvalue weighted by atomic mass is 16.5. The van der Waals surface area contributed by atoms with Crippen molar-refractivity contribution in [1.29, 1.82) is 0 Å². The molecule has 3 rings (SSSR count). The third-order valence-electron chi connectivity index (χ3n) is 4.50. The lowest BCUT2D eigenvalue weighted by atomic mass is 9.92. The topological polar surface area (TPSA) is 41.5 Å². The van der Waals surface area contributed by atoms with Gasteiger partial charge in [-0.05, 0) is 41.7 Å². The van der Waals surface area contributed by atoms with Crippen LogP contribution in [0, 0.1) is 12.3 Å². The van der Waals surface area contributed by atoms with Crippen molar-refractivity contribution in [3.63, 3.8) is 0 Å². The molecule has 23 heavy (non-hydrogen) atoms. The highest BCUT2D eigenvalue weighted by molar-refractivity contribution is 5.39. The molecule has 0 saturated heterocycles. The molecule has 0 radical (unpaired) electrons. The van der Waals surface area contributed by atoms with Crippen molar-refractivity contribution in [2.75, 3.05) is 13.2 Å². The van der Waals surface area contributed by atoms with Crippen LogP contribution in [0.25, 0.3) is 0 Å². The van der Waals surface area contributed by atoms with E-state index in [1.165, 1.54) is 11.1 Å². The standard InChI is InChI=1S/C20H21NO2/c1-2-13-23-18-9-7-16(8-10-18)14-21-20(15-22)12-11-17-5-3-4-6-19(17)20/h1,3-10,21-22H,11-15H2. The van der Waals surface area contributed by atoms with Gasteiger partial charge in [0.1, 0.15) is 12.4 Å². The monoisotopic (exact) mass is 307 g/mol. The molecular weight excluding hydrogens is 286 g/mol. The van der Waals surface area contributed by atoms with Crippen molar-refractivity contribution in [2.45, 2.75) is 24.9 Å². The van der Waals surface area contributed by atoms with Crippen LogP contribution < -0.4 is 10.1 Å². The molecule has 0 aromatic heterocycles. The van der Waals surface area contributed by atoms with Crippen LogP contribution in [0.2, 0.25) is 0 Å². The van der Waals surface area contributed by atoms with Crippen LogP contribution in [-0.4, -0.2) is 18.3 Å². The van der Waals surface area contributed by atoms with E-state index in [4.69, 9.17) is 11.2 Å². The van der Waals surface area contributed by atoms with E-state index in [9.17, 15) is 5.11 Å². The molecule has 0 bridgehead atoms. The first kappa shape index (κ1) is 15.6. The highest BCUT2D eigenvalue weighted by Gasteiger charge is 2.37. The lowest BCUT2D eigenvalue weighted by molar-refractivity contribution is 0.159. The van der Waals surface area contributed by atoms with Gasteiger partial charge in [-0.2, -0.15) is 0 Å². The van der Waals surface area contributed by atoms with Gasteiger partial charge in [-0.1, -0.05) is 42.3 Å². The second-order valence-corrected chi connectivity index (χ2v) is 5.89. The number of benzene rings is 2. The first-order valence-corrected chi connectivity index (χ1v) is 7.87. The third-order valence-corrected chi connectivity index (χ3v) is 4.50. The van der Waals surface area contributed by atoms with E-state index in [0.717, 1.165) is 24.2 Å². The summed E-state index contributed by atoms with van der Waals surface area (Å²) in [5.74, 6) is 3.23. The molecule has 0 heterocycles. The zero-order valence-corrected chi connectivity index (χ0v) is 13.1. The molecule has 1 aliphatic rings. The van der Waals surface area contributed by atoms with E-state index in [1.807, 2.05) is 30.3 Å². The molecule has 2 N–H and O–H groups in total. The molecule has 2 aromatic carbocycles. The van der Waals surface area contributed by atoms with Crippen LogP contribution >= 0.6 is 0 Å². The number of hydrogen-bond donors (Lipinski definition) is 2. The summed E-state index contributed by atoms with van der Waals surface area (Å²) in [4.78, 5) is 0. The lowest BCUT2D eigenvalue weighted by Crippen LogP contribution is -2.43. The Bertz CT molecular complexity index is 702. The molecule has 0 saturated carbocycles. The fourth-order valence-electron chi connectivity index (χ4n) is 3.19. The van der Waals surface area contributed by atoms with E-state index < -0.39 is 0 Å². The summed E-state index contributed by atoms with van der Waals surface area (Å²) >= 11 is 0. The maximum atomic E-state index is 9.98. The maximum absolute atomic E-state index is 9.98. The first-order valence-electron chi connectivity index (χ1n) is 7.87. The summed E-state index contributed by atoms with van der Waals surface area (Å²) < 4.78 is 5.38. The average molecular weight is 307 g/mol. The predicted octanol–water partition coefficient (Wildman–Crippen LogP) is 2.62. The number of hydrogen-bond acceptors (Lipinski definition) is 3. The molecule has 3 heteroatoms. The minimum Gasteiger partial charge on any atom is -0.481 e. The number of aliphatic hydroxyl groups excluding tert-OH is 1. The number of aryl methyl sites for hydroxylation is 1. The van der Waals surface area contributed by atoms with Gasteiger partial charge in [-0.3, -0.25) is 0 Å². The Morgan fingerprint density at radius 3 is 2.70 bits per heavy atom. The van der Waals surface area contributed by atoms with Crippen molar-refractivity contribution in [2.24, 2.45) is 0 Å². The van der Waals surface area contributed by atoms with E-state index in [-0.39, 0.29) is 18.8 Å². The summed E-state index contributed by atoms with van der Waals surface area (Å²) in [7, 11) is 0. The largest absolute Gasteiger partial charge is 0.481 e. The van der Waals surface area contributed by atoms with Gasteiger partial charge in [-0.25, -0.2) is 0 Å². The Kier molecular flexibility index (Phi) is 4.66. The molecule has 0 fully saturated rings. The fourth-order valence-corrected chi connectivity index (χ4v) is 3.19. The Balaban J connectivity index is 1.69. The van der Waals surface area contributed by atoms with Crippen LogP contribution in [0.4, 0.5) is 0 Å². The molecule has 1 atom stereocenters. The predicted molar refractivity (Wildman–Crippen MR) is 91.1 cm³/mol. The fraction of sp³-hybridized carbons (Fsp3) is 0.300. The summed E-state index contributed by atoms with van der Waals surface area (Å²) in [5, 5.41) is 13.5. The Hall–Kier alpha value is -2.28. The van der Waals surface area contributed by atoms with Crippen molar-refractivity contribution >= 4 is 0 Å². The van der Waals surface area contributed by atoms with Crippen molar-refractivity contribution < 1.29 is 9.84 Å².